The van der Waals surface area contributed by atoms with Crippen molar-refractivity contribution in [2.75, 3.05) is 18.0 Å². The van der Waals surface area contributed by atoms with E-state index in [1.807, 2.05) is 30.4 Å². The molecule has 2 aliphatic rings. The van der Waals surface area contributed by atoms with Gasteiger partial charge in [-0.15, -0.1) is 0 Å². The number of anilines is 1. The first kappa shape index (κ1) is 15.7. The van der Waals surface area contributed by atoms with E-state index in [9.17, 15) is 5.11 Å². The molecule has 0 aromatic heterocycles. The van der Waals surface area contributed by atoms with Gasteiger partial charge in [-0.05, 0) is 41.7 Å². The molecule has 0 saturated heterocycles. The molecule has 1 unspecified atom stereocenters. The summed E-state index contributed by atoms with van der Waals surface area (Å²) < 4.78 is 0. The minimum absolute atomic E-state index is 0.0467. The number of allylic oxidation sites excluding steroid dienone is 5. The van der Waals surface area contributed by atoms with Gasteiger partial charge in [-0.2, -0.15) is 0 Å². The van der Waals surface area contributed by atoms with Gasteiger partial charge in [0.2, 0.25) is 0 Å². The Kier molecular flexibility index (Phi) is 4.72. The molecule has 118 valence electrons. The van der Waals surface area contributed by atoms with Gasteiger partial charge in [0.25, 0.3) is 0 Å². The van der Waals surface area contributed by atoms with Crippen molar-refractivity contribution >= 4 is 17.3 Å². The van der Waals surface area contributed by atoms with Crippen molar-refractivity contribution in [2.45, 2.75) is 18.9 Å². The monoisotopic (exact) mass is 328 g/mol. The number of rotatable bonds is 4. The summed E-state index contributed by atoms with van der Waals surface area (Å²) >= 11 is 6.20. The van der Waals surface area contributed by atoms with Gasteiger partial charge in [-0.1, -0.05) is 47.1 Å². The van der Waals surface area contributed by atoms with Gasteiger partial charge in [-0.25, -0.2) is 0 Å². The van der Waals surface area contributed by atoms with Crippen molar-refractivity contribution < 1.29 is 5.11 Å². The molecule has 1 aromatic carbocycles. The van der Waals surface area contributed by atoms with Gasteiger partial charge in [0.05, 0.1) is 12.6 Å². The van der Waals surface area contributed by atoms with Crippen LogP contribution in [0.5, 0.6) is 0 Å². The number of halogens is 1. The van der Waals surface area contributed by atoms with E-state index in [0.29, 0.717) is 11.6 Å². The van der Waals surface area contributed by atoms with Crippen molar-refractivity contribution in [1.82, 2.24) is 0 Å². The van der Waals surface area contributed by atoms with Crippen LogP contribution in [0.15, 0.2) is 63.9 Å². The van der Waals surface area contributed by atoms with Gasteiger partial charge >= 0.3 is 0 Å². The number of para-hydroxylation sites is 1. The first-order valence-corrected chi connectivity index (χ1v) is 7.88. The second kappa shape index (κ2) is 6.92. The lowest BCUT2D eigenvalue weighted by molar-refractivity contribution is 0.190. The van der Waals surface area contributed by atoms with Gasteiger partial charge in [0.15, 0.2) is 0 Å². The maximum Gasteiger partial charge on any atom is 0.0775 e. The summed E-state index contributed by atoms with van der Waals surface area (Å²) in [6.45, 7) is 0.397. The van der Waals surface area contributed by atoms with E-state index in [1.165, 1.54) is 11.1 Å². The fraction of sp³-hybridized carbons (Fsp3) is 0.294. The smallest absolute Gasteiger partial charge is 0.0775 e. The molecule has 0 bridgehead atoms. The Balaban J connectivity index is 2.01. The summed E-state index contributed by atoms with van der Waals surface area (Å²) in [5, 5.41) is 14.4. The predicted octanol–water partition coefficient (Wildman–Crippen LogP) is 4.06. The molecular weight excluding hydrogens is 312 g/mol. The van der Waals surface area contributed by atoms with E-state index in [2.05, 4.69) is 27.1 Å². The van der Waals surface area contributed by atoms with Gasteiger partial charge in [0.1, 0.15) is 0 Å². The Morgan fingerprint density at radius 3 is 2.96 bits per heavy atom. The van der Waals surface area contributed by atoms with Crippen LogP contribution in [0, 0.1) is 0 Å². The summed E-state index contributed by atoms with van der Waals surface area (Å²) in [6.07, 6.45) is 7.01. The second-order valence-electron chi connectivity index (χ2n) is 5.56. The van der Waals surface area contributed by atoms with Crippen LogP contribution in [-0.2, 0) is 6.42 Å². The molecule has 6 heteroatoms. The molecule has 0 saturated carbocycles. The zero-order chi connectivity index (χ0) is 16.2. The molecule has 5 nitrogen and oxygen atoms in total. The lowest BCUT2D eigenvalue weighted by Gasteiger charge is -2.31. The van der Waals surface area contributed by atoms with Crippen molar-refractivity contribution in [2.24, 2.45) is 5.11 Å². The van der Waals surface area contributed by atoms with Crippen LogP contribution in [0.1, 0.15) is 12.0 Å². The summed E-state index contributed by atoms with van der Waals surface area (Å²) in [4.78, 5) is 4.79. The molecule has 1 heterocycles. The number of β-amino-alcohol motifs (C(OH)–C–C–N with tert-alkyl or cyclic N) is 1. The van der Waals surface area contributed by atoms with Crippen LogP contribution in [-0.4, -0.2) is 24.3 Å². The number of aliphatic hydroxyl groups excluding tert-OH is 1. The molecule has 0 amide bonds. The van der Waals surface area contributed by atoms with E-state index in [1.54, 1.807) is 0 Å². The quantitative estimate of drug-likeness (QED) is 0.514. The first-order valence-electron chi connectivity index (χ1n) is 7.50. The average Bonchev–Trinajstić information content (AvgIpc) is 2.71. The van der Waals surface area contributed by atoms with E-state index in [4.69, 9.17) is 17.1 Å². The van der Waals surface area contributed by atoms with E-state index in [0.717, 1.165) is 24.2 Å². The number of fused-ring (bicyclic) bond motifs is 2. The molecule has 1 N–H and O–H groups in total. The Morgan fingerprint density at radius 2 is 2.13 bits per heavy atom. The molecule has 1 aliphatic heterocycles. The van der Waals surface area contributed by atoms with Crippen molar-refractivity contribution in [1.29, 1.82) is 0 Å². The Hall–Kier alpha value is -2.20. The van der Waals surface area contributed by atoms with Crippen LogP contribution in [0.2, 0.25) is 0 Å². The summed E-state index contributed by atoms with van der Waals surface area (Å²) in [5.41, 5.74) is 12.9. The topological polar surface area (TPSA) is 72.2 Å². The molecule has 1 aromatic rings. The fourth-order valence-electron chi connectivity index (χ4n) is 2.94. The standard InChI is InChI=1S/C17H17ClN4O/c18-14-8-7-13-6-5-12-3-1-2-4-16(12)22(17(13)9-14)11-15(23)10-20-21-19/h1-4,6,8-9,15,23H,5,7,10-11H2. The average molecular weight is 329 g/mol. The first-order chi connectivity index (χ1) is 11.2. The number of hydrogen-bond donors (Lipinski definition) is 1. The van der Waals surface area contributed by atoms with Crippen LogP contribution in [0.4, 0.5) is 5.69 Å². The molecule has 1 atom stereocenters. The maximum absolute atomic E-state index is 10.2. The summed E-state index contributed by atoms with van der Waals surface area (Å²) in [6, 6.07) is 8.13. The van der Waals surface area contributed by atoms with E-state index >= 15 is 0 Å². The lowest BCUT2D eigenvalue weighted by Crippen LogP contribution is -2.34. The highest BCUT2D eigenvalue weighted by molar-refractivity contribution is 6.31. The number of hydrogen-bond acceptors (Lipinski definition) is 3. The molecular formula is C17H17ClN4O. The summed E-state index contributed by atoms with van der Waals surface area (Å²) in [5.74, 6) is 0. The normalized spacial score (nSPS) is 17.7. The predicted molar refractivity (Wildman–Crippen MR) is 92.2 cm³/mol. The number of aliphatic hydroxyl groups is 1. The molecule has 1 aliphatic carbocycles. The highest BCUT2D eigenvalue weighted by Crippen LogP contribution is 2.36. The zero-order valence-electron chi connectivity index (χ0n) is 12.6. The van der Waals surface area contributed by atoms with E-state index in [-0.39, 0.29) is 6.54 Å². The van der Waals surface area contributed by atoms with Crippen molar-refractivity contribution in [3.63, 3.8) is 0 Å². The minimum Gasteiger partial charge on any atom is -0.391 e. The lowest BCUT2D eigenvalue weighted by atomic mass is 10.0. The Bertz CT molecular complexity index is 747. The molecule has 3 rings (SSSR count). The van der Waals surface area contributed by atoms with Crippen LogP contribution < -0.4 is 4.90 Å². The Morgan fingerprint density at radius 1 is 1.30 bits per heavy atom. The van der Waals surface area contributed by atoms with Crippen LogP contribution in [0.25, 0.3) is 10.4 Å². The SMILES string of the molecule is [N-]=[N+]=NCC(O)CN1C2=CC(Cl)=CCC2=CCc2ccccc21. The third-order valence-electron chi connectivity index (χ3n) is 4.01. The minimum atomic E-state index is -0.746. The van der Waals surface area contributed by atoms with Gasteiger partial charge < -0.3 is 10.0 Å². The zero-order valence-corrected chi connectivity index (χ0v) is 13.3. The largest absolute Gasteiger partial charge is 0.391 e. The highest BCUT2D eigenvalue weighted by atomic mass is 35.5. The number of benzene rings is 1. The Labute approximate surface area is 139 Å². The third-order valence-corrected chi connectivity index (χ3v) is 4.27. The number of nitrogens with zero attached hydrogens (tertiary/aromatic N) is 4. The third kappa shape index (κ3) is 3.42. The van der Waals surface area contributed by atoms with Crippen molar-refractivity contribution in [3.8, 4) is 0 Å². The second-order valence-corrected chi connectivity index (χ2v) is 6.00. The number of azide groups is 1. The van der Waals surface area contributed by atoms with Gasteiger partial charge in [0, 0.05) is 27.9 Å². The molecule has 0 spiro atoms. The summed E-state index contributed by atoms with van der Waals surface area (Å²) in [7, 11) is 0. The molecule has 0 fully saturated rings. The molecule has 23 heavy (non-hydrogen) atoms. The van der Waals surface area contributed by atoms with Crippen LogP contribution >= 0.6 is 11.6 Å². The highest BCUT2D eigenvalue weighted by Gasteiger charge is 2.24. The molecule has 0 radical (unpaired) electrons. The van der Waals surface area contributed by atoms with Crippen LogP contribution in [0.3, 0.4) is 0 Å². The fourth-order valence-corrected chi connectivity index (χ4v) is 3.12. The van der Waals surface area contributed by atoms with E-state index < -0.39 is 6.10 Å². The van der Waals surface area contributed by atoms with Crippen molar-refractivity contribution in [3.05, 3.63) is 74.8 Å². The maximum atomic E-state index is 10.2. The van der Waals surface area contributed by atoms with Gasteiger partial charge in [-0.3, -0.25) is 0 Å².